The molecule has 2 amide bonds. The Morgan fingerprint density at radius 1 is 1.19 bits per heavy atom. The van der Waals surface area contributed by atoms with Crippen LogP contribution in [0.5, 0.6) is 0 Å². The minimum Gasteiger partial charge on any atom is -0.344 e. The lowest BCUT2D eigenvalue weighted by Gasteiger charge is -2.11. The van der Waals surface area contributed by atoms with Crippen LogP contribution < -0.4 is 5.32 Å². The van der Waals surface area contributed by atoms with Gasteiger partial charge in [0.2, 0.25) is 5.82 Å². The van der Waals surface area contributed by atoms with E-state index in [0.717, 1.165) is 4.90 Å². The van der Waals surface area contributed by atoms with E-state index in [-0.39, 0.29) is 0 Å². The van der Waals surface area contributed by atoms with Crippen LogP contribution in [0.25, 0.3) is 11.4 Å². The molecule has 0 aliphatic carbocycles. The predicted molar refractivity (Wildman–Crippen MR) is 75.2 cm³/mol. The zero-order valence-corrected chi connectivity index (χ0v) is 13.3. The third-order valence-electron chi connectivity index (χ3n) is 3.09. The topological polar surface area (TPSA) is 88.3 Å². The monoisotopic (exact) mass is 378 g/mol. The highest BCUT2D eigenvalue weighted by molar-refractivity contribution is 6.34. The van der Waals surface area contributed by atoms with Gasteiger partial charge in [0.05, 0.1) is 0 Å². The lowest BCUT2D eigenvalue weighted by atomic mass is 10.1. The summed E-state index contributed by atoms with van der Waals surface area (Å²) in [6.07, 6.45) is -4.90. The van der Waals surface area contributed by atoms with Crippen molar-refractivity contribution in [3.8, 4) is 11.4 Å². The third-order valence-corrected chi connectivity index (χ3v) is 3.09. The number of carbonyl (C=O) groups is 2. The normalized spacial score (nSPS) is 11.3. The van der Waals surface area contributed by atoms with E-state index in [9.17, 15) is 31.5 Å². The van der Waals surface area contributed by atoms with Gasteiger partial charge in [-0.15, -0.1) is 0 Å². The molecule has 1 heterocycles. The van der Waals surface area contributed by atoms with Crippen LogP contribution in [0.3, 0.4) is 0 Å². The lowest BCUT2D eigenvalue weighted by molar-refractivity contribution is -0.159. The van der Waals surface area contributed by atoms with E-state index < -0.39 is 59.0 Å². The van der Waals surface area contributed by atoms with Crippen LogP contribution in [-0.4, -0.2) is 41.0 Å². The van der Waals surface area contributed by atoms with E-state index in [1.807, 2.05) is 5.32 Å². The van der Waals surface area contributed by atoms with Gasteiger partial charge in [-0.2, -0.15) is 18.2 Å². The van der Waals surface area contributed by atoms with E-state index >= 15 is 0 Å². The fourth-order valence-corrected chi connectivity index (χ4v) is 1.80. The summed E-state index contributed by atoms with van der Waals surface area (Å²) < 4.78 is 69.4. The Kier molecular flexibility index (Phi) is 5.23. The molecule has 0 aliphatic rings. The summed E-state index contributed by atoms with van der Waals surface area (Å²) in [5.41, 5.74) is -0.980. The summed E-state index contributed by atoms with van der Waals surface area (Å²) in [7, 11) is 2.63. The lowest BCUT2D eigenvalue weighted by Crippen LogP contribution is -2.39. The molecule has 0 saturated heterocycles. The zero-order chi connectivity index (χ0) is 19.6. The largest absolute Gasteiger partial charge is 0.471 e. The predicted octanol–water partition coefficient (Wildman–Crippen LogP) is 1.74. The van der Waals surface area contributed by atoms with Gasteiger partial charge < -0.3 is 14.7 Å². The minimum absolute atomic E-state index is 0.390. The highest BCUT2D eigenvalue weighted by atomic mass is 19.4. The molecular formula is C14H11F5N4O3. The van der Waals surface area contributed by atoms with Crippen molar-refractivity contribution in [2.75, 3.05) is 14.1 Å². The fraction of sp³-hybridized carbons (Fsp3) is 0.286. The summed E-state index contributed by atoms with van der Waals surface area (Å²) >= 11 is 0. The highest BCUT2D eigenvalue weighted by Gasteiger charge is 2.38. The van der Waals surface area contributed by atoms with Crippen molar-refractivity contribution in [1.82, 2.24) is 20.4 Å². The van der Waals surface area contributed by atoms with Crippen LogP contribution in [-0.2, 0) is 22.3 Å². The number of nitrogens with zero attached hydrogens (tertiary/aromatic N) is 3. The Labute approximate surface area is 142 Å². The molecule has 0 unspecified atom stereocenters. The Morgan fingerprint density at radius 3 is 2.23 bits per heavy atom. The molecular weight excluding hydrogens is 367 g/mol. The molecule has 0 fully saturated rings. The van der Waals surface area contributed by atoms with Gasteiger partial charge in [-0.25, -0.2) is 8.78 Å². The van der Waals surface area contributed by atoms with Gasteiger partial charge in [0.1, 0.15) is 11.6 Å². The highest BCUT2D eigenvalue weighted by Crippen LogP contribution is 2.30. The molecule has 0 bridgehead atoms. The van der Waals surface area contributed by atoms with E-state index in [2.05, 4.69) is 14.7 Å². The number of alkyl halides is 3. The first-order valence-corrected chi connectivity index (χ1v) is 6.89. The van der Waals surface area contributed by atoms with Crippen LogP contribution in [0.15, 0.2) is 16.7 Å². The third kappa shape index (κ3) is 4.13. The maximum atomic E-state index is 14.1. The molecule has 140 valence electrons. The molecule has 2 rings (SSSR count). The molecule has 1 aromatic heterocycles. The summed E-state index contributed by atoms with van der Waals surface area (Å²) in [4.78, 5) is 26.8. The summed E-state index contributed by atoms with van der Waals surface area (Å²) in [6, 6.07) is 1.37. The number of hydrogen-bond donors (Lipinski definition) is 1. The van der Waals surface area contributed by atoms with Crippen molar-refractivity contribution in [1.29, 1.82) is 0 Å². The van der Waals surface area contributed by atoms with Crippen LogP contribution in [0, 0.1) is 11.6 Å². The maximum absolute atomic E-state index is 14.1. The Hall–Kier alpha value is -3.05. The second-order valence-electron chi connectivity index (χ2n) is 5.22. The summed E-state index contributed by atoms with van der Waals surface area (Å²) in [5, 5.41) is 5.06. The van der Waals surface area contributed by atoms with E-state index in [1.54, 1.807) is 0 Å². The van der Waals surface area contributed by atoms with Crippen molar-refractivity contribution in [3.63, 3.8) is 0 Å². The molecule has 12 heteroatoms. The molecule has 0 spiro atoms. The number of aromatic nitrogens is 2. The maximum Gasteiger partial charge on any atom is 0.471 e. The Bertz CT molecular complexity index is 824. The first-order valence-electron chi connectivity index (χ1n) is 6.89. The number of halogens is 5. The van der Waals surface area contributed by atoms with Crippen LogP contribution in [0.1, 0.15) is 11.5 Å². The van der Waals surface area contributed by atoms with Crippen molar-refractivity contribution in [2.45, 2.75) is 12.7 Å². The molecule has 0 radical (unpaired) electrons. The minimum atomic E-state index is -4.90. The SMILES string of the molecule is CN(C)C(=O)C(=O)NCc1c(F)cc(-c2noc(C(F)(F)F)n2)cc1F. The quantitative estimate of drug-likeness (QED) is 0.649. The first-order chi connectivity index (χ1) is 12.0. The number of rotatable bonds is 3. The van der Waals surface area contributed by atoms with E-state index in [1.165, 1.54) is 14.1 Å². The summed E-state index contributed by atoms with van der Waals surface area (Å²) in [5.74, 6) is -6.66. The standard InChI is InChI=1S/C14H11F5N4O3/c1-23(2)12(25)11(24)20-5-7-8(15)3-6(4-9(7)16)10-21-13(26-22-10)14(17,18)19/h3-4H,5H2,1-2H3,(H,20,24). The van der Waals surface area contributed by atoms with Crippen molar-refractivity contribution in [3.05, 3.63) is 35.2 Å². The smallest absolute Gasteiger partial charge is 0.344 e. The Balaban J connectivity index is 2.22. The Morgan fingerprint density at radius 2 is 1.77 bits per heavy atom. The van der Waals surface area contributed by atoms with E-state index in [0.29, 0.717) is 12.1 Å². The van der Waals surface area contributed by atoms with Crippen molar-refractivity contribution < 1.29 is 36.1 Å². The van der Waals surface area contributed by atoms with Gasteiger partial charge >= 0.3 is 23.9 Å². The number of hydrogen-bond acceptors (Lipinski definition) is 5. The van der Waals surface area contributed by atoms with Gasteiger partial charge in [0, 0.05) is 31.8 Å². The van der Waals surface area contributed by atoms with Crippen molar-refractivity contribution in [2.24, 2.45) is 0 Å². The van der Waals surface area contributed by atoms with Gasteiger partial charge in [-0.3, -0.25) is 9.59 Å². The van der Waals surface area contributed by atoms with Gasteiger partial charge in [0.25, 0.3) is 0 Å². The van der Waals surface area contributed by atoms with Crippen LogP contribution in [0.2, 0.25) is 0 Å². The average Bonchev–Trinajstić information content (AvgIpc) is 3.03. The summed E-state index contributed by atoms with van der Waals surface area (Å²) in [6.45, 7) is -0.642. The number of carbonyl (C=O) groups excluding carboxylic acids is 2. The molecule has 0 aliphatic heterocycles. The van der Waals surface area contributed by atoms with Crippen LogP contribution >= 0.6 is 0 Å². The average molecular weight is 378 g/mol. The molecule has 1 aromatic carbocycles. The molecule has 7 nitrogen and oxygen atoms in total. The fourth-order valence-electron chi connectivity index (χ4n) is 1.80. The molecule has 26 heavy (non-hydrogen) atoms. The van der Waals surface area contributed by atoms with Gasteiger partial charge in [0.15, 0.2) is 0 Å². The van der Waals surface area contributed by atoms with E-state index in [4.69, 9.17) is 0 Å². The van der Waals surface area contributed by atoms with Crippen molar-refractivity contribution >= 4 is 11.8 Å². The van der Waals surface area contributed by atoms with Crippen LogP contribution in [0.4, 0.5) is 22.0 Å². The van der Waals surface area contributed by atoms with Gasteiger partial charge in [-0.05, 0) is 12.1 Å². The molecule has 1 N–H and O–H groups in total. The second kappa shape index (κ2) is 7.06. The number of likely N-dealkylation sites (N-methyl/N-ethyl adjacent to an activating group) is 1. The number of nitrogens with one attached hydrogen (secondary N) is 1. The molecule has 0 atom stereocenters. The molecule has 2 aromatic rings. The number of benzene rings is 1. The zero-order valence-electron chi connectivity index (χ0n) is 13.3. The number of amides is 2. The second-order valence-corrected chi connectivity index (χ2v) is 5.22. The van der Waals surface area contributed by atoms with Gasteiger partial charge in [-0.1, -0.05) is 5.16 Å². The molecule has 0 saturated carbocycles. The first kappa shape index (κ1) is 19.3.